The van der Waals surface area contributed by atoms with Gasteiger partial charge in [0, 0.05) is 17.4 Å². The molecule has 1 amide bonds. The molecule has 0 heterocycles. The highest BCUT2D eigenvalue weighted by atomic mass is 79.9. The second-order valence-electron chi connectivity index (χ2n) is 5.01. The van der Waals surface area contributed by atoms with Crippen molar-refractivity contribution in [1.29, 1.82) is 0 Å². The largest absolute Gasteiger partial charge is 0.504 e. The molecule has 0 saturated heterocycles. The maximum absolute atomic E-state index is 12.0. The van der Waals surface area contributed by atoms with E-state index >= 15 is 0 Å². The molecule has 5 heteroatoms. The summed E-state index contributed by atoms with van der Waals surface area (Å²) in [5.41, 5.74) is 0.737. The van der Waals surface area contributed by atoms with Gasteiger partial charge in [-0.3, -0.25) is 4.79 Å². The highest BCUT2D eigenvalue weighted by Crippen LogP contribution is 2.48. The van der Waals surface area contributed by atoms with E-state index in [0.29, 0.717) is 17.9 Å². The molecule has 0 unspecified atom stereocenters. The van der Waals surface area contributed by atoms with Gasteiger partial charge >= 0.3 is 0 Å². The maximum atomic E-state index is 12.0. The van der Waals surface area contributed by atoms with Crippen molar-refractivity contribution in [2.45, 2.75) is 19.3 Å². The second kappa shape index (κ2) is 5.82. The first-order valence-corrected chi connectivity index (χ1v) is 7.43. The third-order valence-corrected chi connectivity index (χ3v) is 4.04. The zero-order valence-corrected chi connectivity index (χ0v) is 12.5. The lowest BCUT2D eigenvalue weighted by Gasteiger charge is -2.14. The van der Waals surface area contributed by atoms with E-state index in [-0.39, 0.29) is 17.1 Å². The lowest BCUT2D eigenvalue weighted by Crippen LogP contribution is -2.30. The number of amides is 1. The number of ether oxygens (including phenoxy) is 1. The van der Waals surface area contributed by atoms with E-state index < -0.39 is 0 Å². The van der Waals surface area contributed by atoms with Crippen molar-refractivity contribution in [3.05, 3.63) is 23.8 Å². The Balaban J connectivity index is 1.95. The van der Waals surface area contributed by atoms with Crippen LogP contribution in [-0.2, 0) is 0 Å². The lowest BCUT2D eigenvalue weighted by molar-refractivity contribution is 0.0944. The molecule has 1 aromatic rings. The summed E-state index contributed by atoms with van der Waals surface area (Å²) in [6.45, 7) is 0.699. The van der Waals surface area contributed by atoms with E-state index in [4.69, 9.17) is 4.74 Å². The Morgan fingerprint density at radius 3 is 2.79 bits per heavy atom. The fourth-order valence-corrected chi connectivity index (χ4v) is 2.93. The van der Waals surface area contributed by atoms with Gasteiger partial charge in [-0.2, -0.15) is 0 Å². The lowest BCUT2D eigenvalue weighted by atomic mass is 10.0. The third-order valence-electron chi connectivity index (χ3n) is 3.65. The first kappa shape index (κ1) is 14.2. The molecule has 4 nitrogen and oxygen atoms in total. The molecule has 0 radical (unpaired) electrons. The van der Waals surface area contributed by atoms with Gasteiger partial charge < -0.3 is 15.2 Å². The number of carbonyl (C=O) groups excluding carboxylic acids is 1. The van der Waals surface area contributed by atoms with E-state index in [0.717, 1.165) is 11.8 Å². The number of hydrogen-bond donors (Lipinski definition) is 2. The number of carbonyl (C=O) groups is 1. The van der Waals surface area contributed by atoms with Gasteiger partial charge in [0.25, 0.3) is 5.91 Å². The molecule has 19 heavy (non-hydrogen) atoms. The smallest absolute Gasteiger partial charge is 0.251 e. The van der Waals surface area contributed by atoms with Crippen molar-refractivity contribution in [1.82, 2.24) is 5.32 Å². The summed E-state index contributed by atoms with van der Waals surface area (Å²) >= 11 is 3.44. The first-order valence-electron chi connectivity index (χ1n) is 6.31. The molecular formula is C14H18BrNO3. The van der Waals surface area contributed by atoms with Crippen LogP contribution in [-0.4, -0.2) is 30.0 Å². The molecule has 0 atom stereocenters. The number of phenols is 1. The minimum Gasteiger partial charge on any atom is -0.504 e. The number of phenolic OH excluding ortho intramolecular Hbond substituents is 1. The molecule has 1 aliphatic carbocycles. The van der Waals surface area contributed by atoms with Crippen molar-refractivity contribution < 1.29 is 14.6 Å². The standard InChI is InChI=1S/C14H18BrNO3/c1-19-12-3-2-10(8-11(12)17)13(18)16-9-14(4-5-14)6-7-15/h2-3,8,17H,4-7,9H2,1H3,(H,16,18). The topological polar surface area (TPSA) is 58.6 Å². The van der Waals surface area contributed by atoms with Crippen LogP contribution < -0.4 is 10.1 Å². The Hall–Kier alpha value is -1.23. The molecule has 2 N–H and O–H groups in total. The molecule has 1 aliphatic rings. The molecule has 1 saturated carbocycles. The molecule has 104 valence electrons. The van der Waals surface area contributed by atoms with Gasteiger partial charge in [0.15, 0.2) is 11.5 Å². The molecule has 1 fully saturated rings. The second-order valence-corrected chi connectivity index (χ2v) is 5.80. The van der Waals surface area contributed by atoms with Crippen LogP contribution in [0.1, 0.15) is 29.6 Å². The summed E-state index contributed by atoms with van der Waals surface area (Å²) in [7, 11) is 1.48. The number of rotatable bonds is 6. The highest BCUT2D eigenvalue weighted by molar-refractivity contribution is 9.09. The quantitative estimate of drug-likeness (QED) is 0.790. The minimum atomic E-state index is -0.154. The van der Waals surface area contributed by atoms with E-state index in [1.807, 2.05) is 0 Å². The van der Waals surface area contributed by atoms with Gasteiger partial charge in [0.05, 0.1) is 7.11 Å². The zero-order chi connectivity index (χ0) is 13.9. The number of aromatic hydroxyl groups is 1. The summed E-state index contributed by atoms with van der Waals surface area (Å²) in [6.07, 6.45) is 3.43. The summed E-state index contributed by atoms with van der Waals surface area (Å²) in [4.78, 5) is 12.0. The number of methoxy groups -OCH3 is 1. The molecule has 0 bridgehead atoms. The van der Waals surface area contributed by atoms with Gasteiger partial charge in [-0.05, 0) is 42.9 Å². The maximum Gasteiger partial charge on any atom is 0.251 e. The average Bonchev–Trinajstić information content (AvgIpc) is 3.16. The monoisotopic (exact) mass is 327 g/mol. The van der Waals surface area contributed by atoms with Gasteiger partial charge in [0.1, 0.15) is 0 Å². The van der Waals surface area contributed by atoms with Crippen molar-refractivity contribution >= 4 is 21.8 Å². The predicted octanol–water partition coefficient (Wildman–Crippen LogP) is 2.70. The van der Waals surface area contributed by atoms with Gasteiger partial charge in [-0.1, -0.05) is 15.9 Å². The summed E-state index contributed by atoms with van der Waals surface area (Å²) in [5, 5.41) is 13.6. The van der Waals surface area contributed by atoms with Crippen LogP contribution in [0, 0.1) is 5.41 Å². The number of nitrogens with one attached hydrogen (secondary N) is 1. The minimum absolute atomic E-state index is 0.0169. The van der Waals surface area contributed by atoms with Crippen LogP contribution >= 0.6 is 15.9 Å². The van der Waals surface area contributed by atoms with E-state index in [9.17, 15) is 9.90 Å². The van der Waals surface area contributed by atoms with Gasteiger partial charge in [0.2, 0.25) is 0 Å². The van der Waals surface area contributed by atoms with Crippen LogP contribution in [0.15, 0.2) is 18.2 Å². The normalized spacial score (nSPS) is 15.9. The van der Waals surface area contributed by atoms with Crippen LogP contribution in [0.25, 0.3) is 0 Å². The average molecular weight is 328 g/mol. The molecule has 2 rings (SSSR count). The van der Waals surface area contributed by atoms with Crippen LogP contribution in [0.4, 0.5) is 0 Å². The molecular weight excluding hydrogens is 310 g/mol. The van der Waals surface area contributed by atoms with E-state index in [1.165, 1.54) is 26.0 Å². The SMILES string of the molecule is COc1ccc(C(=O)NCC2(CCBr)CC2)cc1O. The van der Waals surface area contributed by atoms with Crippen molar-refractivity contribution in [2.75, 3.05) is 19.0 Å². The van der Waals surface area contributed by atoms with Crippen molar-refractivity contribution in [3.8, 4) is 11.5 Å². The first-order chi connectivity index (χ1) is 9.10. The third kappa shape index (κ3) is 3.41. The molecule has 0 aromatic heterocycles. The number of halogens is 1. The van der Waals surface area contributed by atoms with Gasteiger partial charge in [-0.15, -0.1) is 0 Å². The highest BCUT2D eigenvalue weighted by Gasteiger charge is 2.41. The number of alkyl halides is 1. The molecule has 1 aromatic carbocycles. The van der Waals surface area contributed by atoms with E-state index in [2.05, 4.69) is 21.2 Å². The van der Waals surface area contributed by atoms with E-state index in [1.54, 1.807) is 12.1 Å². The van der Waals surface area contributed by atoms with Crippen LogP contribution in [0.3, 0.4) is 0 Å². The van der Waals surface area contributed by atoms with Crippen LogP contribution in [0.2, 0.25) is 0 Å². The van der Waals surface area contributed by atoms with Gasteiger partial charge in [-0.25, -0.2) is 0 Å². The Bertz CT molecular complexity index is 472. The fraction of sp³-hybridized carbons (Fsp3) is 0.500. The Labute approximate surface area is 121 Å². The zero-order valence-electron chi connectivity index (χ0n) is 10.9. The molecule has 0 aliphatic heterocycles. The Morgan fingerprint density at radius 2 is 2.26 bits per heavy atom. The number of benzene rings is 1. The Kier molecular flexibility index (Phi) is 4.34. The fourth-order valence-electron chi connectivity index (χ4n) is 2.09. The van der Waals surface area contributed by atoms with Crippen molar-refractivity contribution in [2.24, 2.45) is 5.41 Å². The van der Waals surface area contributed by atoms with Crippen LogP contribution in [0.5, 0.6) is 11.5 Å². The Morgan fingerprint density at radius 1 is 1.53 bits per heavy atom. The van der Waals surface area contributed by atoms with Crippen molar-refractivity contribution in [3.63, 3.8) is 0 Å². The summed E-state index contributed by atoms with van der Waals surface area (Å²) in [6, 6.07) is 4.67. The number of hydrogen-bond acceptors (Lipinski definition) is 3. The predicted molar refractivity (Wildman–Crippen MR) is 77.1 cm³/mol. The summed E-state index contributed by atoms with van der Waals surface area (Å²) in [5.74, 6) is 0.199. The molecule has 0 spiro atoms. The summed E-state index contributed by atoms with van der Waals surface area (Å²) < 4.78 is 4.95.